The zero-order valence-corrected chi connectivity index (χ0v) is 15.6. The number of anilines is 1. The van der Waals surface area contributed by atoms with Crippen molar-refractivity contribution in [2.75, 3.05) is 11.6 Å². The van der Waals surface area contributed by atoms with E-state index < -0.39 is 21.7 Å². The van der Waals surface area contributed by atoms with Crippen LogP contribution in [0.2, 0.25) is 0 Å². The molecule has 1 fully saturated rings. The third-order valence-corrected chi connectivity index (χ3v) is 5.66. The van der Waals surface area contributed by atoms with Gasteiger partial charge >= 0.3 is 6.18 Å². The molecule has 0 spiro atoms. The fourth-order valence-corrected chi connectivity index (χ4v) is 3.74. The van der Waals surface area contributed by atoms with Crippen LogP contribution in [0.1, 0.15) is 37.8 Å². The molecular weight excluding hydrogens is 379 g/mol. The maximum absolute atomic E-state index is 13.3. The number of nitrogens with zero attached hydrogens (tertiary/aromatic N) is 2. The monoisotopic (exact) mass is 399 g/mol. The average molecular weight is 399 g/mol. The standard InChI is InChI=1S/C18H20F3N3O2S/c1-27(25,26)14-9-7-12(8-10-14)15-11-16(18(19,20)21)24-17(23-15)22-13-5-3-2-4-6-13/h7-11,13H,2-6H2,1H3,(H,22,23,24). The van der Waals surface area contributed by atoms with Gasteiger partial charge in [-0.15, -0.1) is 0 Å². The van der Waals surface area contributed by atoms with Crippen molar-refractivity contribution in [3.05, 3.63) is 36.0 Å². The van der Waals surface area contributed by atoms with Crippen LogP contribution in [0.3, 0.4) is 0 Å². The van der Waals surface area contributed by atoms with E-state index in [0.717, 1.165) is 44.4 Å². The molecule has 2 aromatic rings. The van der Waals surface area contributed by atoms with E-state index in [9.17, 15) is 21.6 Å². The number of sulfone groups is 1. The second-order valence-electron chi connectivity index (χ2n) is 6.74. The lowest BCUT2D eigenvalue weighted by Gasteiger charge is -2.23. The Morgan fingerprint density at radius 1 is 1.04 bits per heavy atom. The van der Waals surface area contributed by atoms with Crippen molar-refractivity contribution in [2.45, 2.75) is 49.2 Å². The molecule has 146 valence electrons. The minimum atomic E-state index is -4.60. The molecule has 1 saturated carbocycles. The van der Waals surface area contributed by atoms with Crippen LogP contribution in [0, 0.1) is 0 Å². The van der Waals surface area contributed by atoms with Gasteiger partial charge in [-0.2, -0.15) is 13.2 Å². The molecular formula is C18H20F3N3O2S. The third kappa shape index (κ3) is 4.97. The van der Waals surface area contributed by atoms with Gasteiger partial charge in [0.25, 0.3) is 0 Å². The zero-order valence-electron chi connectivity index (χ0n) is 14.8. The van der Waals surface area contributed by atoms with E-state index in [2.05, 4.69) is 15.3 Å². The molecule has 0 aliphatic heterocycles. The van der Waals surface area contributed by atoms with E-state index in [0.29, 0.717) is 5.56 Å². The molecule has 1 aliphatic rings. The molecule has 1 aromatic heterocycles. The molecule has 27 heavy (non-hydrogen) atoms. The summed E-state index contributed by atoms with van der Waals surface area (Å²) in [5.74, 6) is -0.0566. The van der Waals surface area contributed by atoms with Crippen LogP contribution in [-0.2, 0) is 16.0 Å². The van der Waals surface area contributed by atoms with Crippen molar-refractivity contribution in [1.82, 2.24) is 9.97 Å². The number of hydrogen-bond acceptors (Lipinski definition) is 5. The van der Waals surface area contributed by atoms with Gasteiger partial charge in [0.15, 0.2) is 15.5 Å². The van der Waals surface area contributed by atoms with Crippen molar-refractivity contribution in [1.29, 1.82) is 0 Å². The van der Waals surface area contributed by atoms with Crippen LogP contribution in [0.4, 0.5) is 19.1 Å². The molecule has 0 bridgehead atoms. The van der Waals surface area contributed by atoms with Crippen molar-refractivity contribution >= 4 is 15.8 Å². The van der Waals surface area contributed by atoms with Crippen molar-refractivity contribution in [3.63, 3.8) is 0 Å². The van der Waals surface area contributed by atoms with E-state index in [-0.39, 0.29) is 22.6 Å². The van der Waals surface area contributed by atoms with E-state index in [1.54, 1.807) is 0 Å². The predicted octanol–water partition coefficient (Wildman–Crippen LogP) is 4.31. The summed E-state index contributed by atoms with van der Waals surface area (Å²) in [6, 6.07) is 6.54. The Morgan fingerprint density at radius 3 is 2.22 bits per heavy atom. The molecule has 0 amide bonds. The van der Waals surface area contributed by atoms with Gasteiger partial charge in [0.2, 0.25) is 5.95 Å². The summed E-state index contributed by atoms with van der Waals surface area (Å²) >= 11 is 0. The molecule has 3 rings (SSSR count). The van der Waals surface area contributed by atoms with Crippen molar-refractivity contribution < 1.29 is 21.6 Å². The number of aromatic nitrogens is 2. The lowest BCUT2D eigenvalue weighted by molar-refractivity contribution is -0.141. The molecule has 1 heterocycles. The number of nitrogens with one attached hydrogen (secondary N) is 1. The largest absolute Gasteiger partial charge is 0.433 e. The molecule has 0 atom stereocenters. The van der Waals surface area contributed by atoms with Gasteiger partial charge in [0, 0.05) is 17.9 Å². The van der Waals surface area contributed by atoms with Crippen molar-refractivity contribution in [2.24, 2.45) is 0 Å². The predicted molar refractivity (Wildman–Crippen MR) is 96.1 cm³/mol. The van der Waals surface area contributed by atoms with E-state index >= 15 is 0 Å². The Hall–Kier alpha value is -2.16. The Bertz CT molecular complexity index is 906. The van der Waals surface area contributed by atoms with E-state index in [1.807, 2.05) is 0 Å². The number of halogens is 3. The summed E-state index contributed by atoms with van der Waals surface area (Å²) in [5.41, 5.74) is -0.546. The Kier molecular flexibility index (Phi) is 5.41. The van der Waals surface area contributed by atoms with Gasteiger partial charge in [-0.1, -0.05) is 31.4 Å². The third-order valence-electron chi connectivity index (χ3n) is 4.53. The van der Waals surface area contributed by atoms with Crippen LogP contribution >= 0.6 is 0 Å². The Morgan fingerprint density at radius 2 is 1.67 bits per heavy atom. The summed E-state index contributed by atoms with van der Waals surface area (Å²) in [7, 11) is -3.39. The maximum atomic E-state index is 13.3. The fourth-order valence-electron chi connectivity index (χ4n) is 3.11. The normalized spacial score (nSPS) is 16.3. The van der Waals surface area contributed by atoms with Crippen LogP contribution < -0.4 is 5.32 Å². The first-order valence-corrected chi connectivity index (χ1v) is 10.6. The second-order valence-corrected chi connectivity index (χ2v) is 8.75. The minimum Gasteiger partial charge on any atom is -0.351 e. The van der Waals surface area contributed by atoms with E-state index in [4.69, 9.17) is 0 Å². The molecule has 0 radical (unpaired) electrons. The molecule has 1 aromatic carbocycles. The highest BCUT2D eigenvalue weighted by Gasteiger charge is 2.34. The van der Waals surface area contributed by atoms with Crippen molar-refractivity contribution in [3.8, 4) is 11.3 Å². The SMILES string of the molecule is CS(=O)(=O)c1ccc(-c2cc(C(F)(F)F)nc(NC3CCCCC3)n2)cc1. The van der Waals surface area contributed by atoms with Gasteiger partial charge in [0.1, 0.15) is 0 Å². The van der Waals surface area contributed by atoms with E-state index in [1.165, 1.54) is 24.3 Å². The first kappa shape index (κ1) is 19.6. The number of benzene rings is 1. The highest BCUT2D eigenvalue weighted by Crippen LogP contribution is 2.32. The molecule has 0 unspecified atom stereocenters. The molecule has 1 aliphatic carbocycles. The quantitative estimate of drug-likeness (QED) is 0.829. The van der Waals surface area contributed by atoms with Crippen LogP contribution in [0.5, 0.6) is 0 Å². The van der Waals surface area contributed by atoms with Crippen LogP contribution in [-0.4, -0.2) is 30.7 Å². The summed E-state index contributed by atoms with van der Waals surface area (Å²) in [6.45, 7) is 0. The summed E-state index contributed by atoms with van der Waals surface area (Å²) in [6.07, 6.45) is 1.39. The van der Waals surface area contributed by atoms with Gasteiger partial charge in [-0.25, -0.2) is 18.4 Å². The fraction of sp³-hybridized carbons (Fsp3) is 0.444. The number of alkyl halides is 3. The zero-order chi connectivity index (χ0) is 19.7. The first-order chi connectivity index (χ1) is 12.6. The van der Waals surface area contributed by atoms with Gasteiger partial charge in [0.05, 0.1) is 10.6 Å². The Labute approximate surface area is 156 Å². The maximum Gasteiger partial charge on any atom is 0.433 e. The lowest BCUT2D eigenvalue weighted by Crippen LogP contribution is -2.24. The van der Waals surface area contributed by atoms with Crippen LogP contribution in [0.15, 0.2) is 35.2 Å². The molecule has 9 heteroatoms. The molecule has 5 nitrogen and oxygen atoms in total. The minimum absolute atomic E-state index is 0.0566. The number of rotatable bonds is 4. The van der Waals surface area contributed by atoms with Gasteiger partial charge < -0.3 is 5.32 Å². The first-order valence-electron chi connectivity index (χ1n) is 8.66. The smallest absolute Gasteiger partial charge is 0.351 e. The average Bonchev–Trinajstić information content (AvgIpc) is 2.61. The summed E-state index contributed by atoms with van der Waals surface area (Å²) in [4.78, 5) is 7.96. The molecule has 0 saturated heterocycles. The molecule has 1 N–H and O–H groups in total. The topological polar surface area (TPSA) is 72.0 Å². The summed E-state index contributed by atoms with van der Waals surface area (Å²) in [5, 5.41) is 3.02. The van der Waals surface area contributed by atoms with Gasteiger partial charge in [-0.3, -0.25) is 0 Å². The second kappa shape index (κ2) is 7.46. The van der Waals surface area contributed by atoms with Gasteiger partial charge in [-0.05, 0) is 31.0 Å². The highest BCUT2D eigenvalue weighted by atomic mass is 32.2. The summed E-state index contributed by atoms with van der Waals surface area (Å²) < 4.78 is 62.9. The lowest BCUT2D eigenvalue weighted by atomic mass is 9.96. The Balaban J connectivity index is 1.97. The van der Waals surface area contributed by atoms with Crippen LogP contribution in [0.25, 0.3) is 11.3 Å². The highest BCUT2D eigenvalue weighted by molar-refractivity contribution is 7.90. The number of hydrogen-bond donors (Lipinski definition) is 1.